The maximum absolute atomic E-state index is 10.4. The number of hydrogen-bond acceptors (Lipinski definition) is 11. The van der Waals surface area contributed by atoms with Crippen LogP contribution in [-0.2, 0) is 7.05 Å². The van der Waals surface area contributed by atoms with Crippen LogP contribution >= 0.6 is 23.3 Å². The molecule has 0 aliphatic rings. The van der Waals surface area contributed by atoms with Gasteiger partial charge >= 0.3 is 0 Å². The minimum atomic E-state index is -0.171. The molecular weight excluding hydrogens is 376 g/mol. The van der Waals surface area contributed by atoms with Crippen molar-refractivity contribution in [2.75, 3.05) is 13.4 Å². The van der Waals surface area contributed by atoms with Crippen molar-refractivity contribution in [1.82, 2.24) is 19.1 Å². The number of rotatable bonds is 6. The van der Waals surface area contributed by atoms with Crippen LogP contribution in [0.2, 0.25) is 0 Å². The van der Waals surface area contributed by atoms with Gasteiger partial charge in [0.25, 0.3) is 0 Å². The molecule has 0 unspecified atom stereocenters. The molecule has 0 aliphatic carbocycles. The molecule has 12 heteroatoms. The number of nitrogens with zero attached hydrogens (tertiary/aromatic N) is 8. The maximum Gasteiger partial charge on any atom is 0.250 e. The second-order valence-electron chi connectivity index (χ2n) is 4.79. The minimum absolute atomic E-state index is 0.171. The largest absolute Gasteiger partial charge is 0.504 e. The molecule has 0 atom stereocenters. The summed E-state index contributed by atoms with van der Waals surface area (Å²) in [6.45, 7) is 0. The SMILES string of the molecule is COc1cc(/N=N/c2nc(SC)ns2)c(O)c(/N=N/c2ccnn2C)c1. The van der Waals surface area contributed by atoms with E-state index in [1.54, 1.807) is 36.1 Å². The fourth-order valence-corrected chi connectivity index (χ4v) is 2.89. The smallest absolute Gasteiger partial charge is 0.250 e. The molecule has 0 aliphatic heterocycles. The molecule has 0 amide bonds. The molecule has 0 bridgehead atoms. The summed E-state index contributed by atoms with van der Waals surface area (Å²) in [6.07, 6.45) is 3.47. The van der Waals surface area contributed by atoms with E-state index in [0.717, 1.165) is 11.5 Å². The van der Waals surface area contributed by atoms with Crippen LogP contribution in [0.4, 0.5) is 22.3 Å². The fraction of sp³-hybridized carbons (Fsp3) is 0.214. The first-order valence-corrected chi connectivity index (χ1v) is 9.20. The van der Waals surface area contributed by atoms with Gasteiger partial charge in [-0.05, 0) is 6.26 Å². The third-order valence-electron chi connectivity index (χ3n) is 3.16. The zero-order valence-electron chi connectivity index (χ0n) is 14.1. The summed E-state index contributed by atoms with van der Waals surface area (Å²) in [7, 11) is 3.25. The summed E-state index contributed by atoms with van der Waals surface area (Å²) in [6, 6.07) is 4.78. The number of phenolic OH excluding ortho intramolecular Hbond substituents is 1. The van der Waals surface area contributed by atoms with Crippen molar-refractivity contribution in [2.45, 2.75) is 5.16 Å². The standard InChI is InChI=1S/C14H14N8O2S2/c1-22-11(4-5-15-22)19-17-9-6-8(24-2)7-10(12(9)23)18-20-13-16-14(25-3)21-26-13/h4-7,23H,1-3H3/b19-17+,20-18+. The quantitative estimate of drug-likeness (QED) is 0.487. The topological polar surface area (TPSA) is 122 Å². The first-order chi connectivity index (χ1) is 12.6. The van der Waals surface area contributed by atoms with Crippen molar-refractivity contribution >= 4 is 45.6 Å². The summed E-state index contributed by atoms with van der Waals surface area (Å²) in [5, 5.41) is 31.6. The normalized spacial score (nSPS) is 11.7. The fourth-order valence-electron chi connectivity index (χ4n) is 1.84. The van der Waals surface area contributed by atoms with Crippen LogP contribution in [0.5, 0.6) is 11.5 Å². The molecule has 0 fully saturated rings. The second-order valence-corrected chi connectivity index (χ2v) is 6.29. The van der Waals surface area contributed by atoms with Crippen LogP contribution < -0.4 is 4.74 Å². The molecule has 1 N–H and O–H groups in total. The molecule has 134 valence electrons. The molecule has 3 aromatic rings. The number of hydrogen-bond donors (Lipinski definition) is 1. The van der Waals surface area contributed by atoms with Gasteiger partial charge in [-0.2, -0.15) is 14.5 Å². The highest BCUT2D eigenvalue weighted by Crippen LogP contribution is 2.41. The predicted molar refractivity (Wildman–Crippen MR) is 97.9 cm³/mol. The van der Waals surface area contributed by atoms with Crippen molar-refractivity contribution in [2.24, 2.45) is 27.5 Å². The molecule has 1 aromatic carbocycles. The zero-order valence-corrected chi connectivity index (χ0v) is 15.7. The van der Waals surface area contributed by atoms with E-state index in [1.807, 2.05) is 6.26 Å². The van der Waals surface area contributed by atoms with Gasteiger partial charge in [-0.1, -0.05) is 11.8 Å². The molecule has 0 saturated heterocycles. The molecule has 26 heavy (non-hydrogen) atoms. The van der Waals surface area contributed by atoms with E-state index in [9.17, 15) is 5.11 Å². The minimum Gasteiger partial charge on any atom is -0.504 e. The van der Waals surface area contributed by atoms with Crippen LogP contribution in [0.3, 0.4) is 0 Å². The van der Waals surface area contributed by atoms with Crippen LogP contribution in [0.15, 0.2) is 50.0 Å². The van der Waals surface area contributed by atoms with Gasteiger partial charge in [-0.15, -0.1) is 20.5 Å². The van der Waals surface area contributed by atoms with E-state index in [4.69, 9.17) is 4.74 Å². The Morgan fingerprint density at radius 3 is 2.50 bits per heavy atom. The first kappa shape index (κ1) is 17.9. The van der Waals surface area contributed by atoms with Crippen LogP contribution in [0.25, 0.3) is 0 Å². The number of aromatic hydroxyl groups is 1. The number of ether oxygens (including phenoxy) is 1. The van der Waals surface area contributed by atoms with E-state index in [-0.39, 0.29) is 17.1 Å². The number of aryl methyl sites for hydroxylation is 1. The van der Waals surface area contributed by atoms with E-state index in [0.29, 0.717) is 21.9 Å². The Kier molecular flexibility index (Phi) is 5.53. The van der Waals surface area contributed by atoms with E-state index < -0.39 is 0 Å². The lowest BCUT2D eigenvalue weighted by Crippen LogP contribution is -1.87. The molecular formula is C14H14N8O2S2. The Morgan fingerprint density at radius 2 is 1.92 bits per heavy atom. The summed E-state index contributed by atoms with van der Waals surface area (Å²) in [4.78, 5) is 4.16. The lowest BCUT2D eigenvalue weighted by atomic mass is 10.2. The average molecular weight is 390 g/mol. The number of phenols is 1. The van der Waals surface area contributed by atoms with Crippen molar-refractivity contribution in [3.63, 3.8) is 0 Å². The molecule has 10 nitrogen and oxygen atoms in total. The highest BCUT2D eigenvalue weighted by Gasteiger charge is 2.11. The maximum atomic E-state index is 10.4. The van der Waals surface area contributed by atoms with Gasteiger partial charge in [-0.25, -0.2) is 4.68 Å². The average Bonchev–Trinajstić information content (AvgIpc) is 3.28. The van der Waals surface area contributed by atoms with Crippen molar-refractivity contribution < 1.29 is 9.84 Å². The molecule has 0 saturated carbocycles. The lowest BCUT2D eigenvalue weighted by molar-refractivity contribution is 0.413. The van der Waals surface area contributed by atoms with Crippen LogP contribution in [0, 0.1) is 0 Å². The van der Waals surface area contributed by atoms with E-state index in [2.05, 4.69) is 34.9 Å². The zero-order chi connectivity index (χ0) is 18.5. The van der Waals surface area contributed by atoms with Crippen LogP contribution in [0.1, 0.15) is 0 Å². The van der Waals surface area contributed by atoms with Gasteiger partial charge in [0.2, 0.25) is 10.3 Å². The van der Waals surface area contributed by atoms with Crippen molar-refractivity contribution in [3.8, 4) is 11.5 Å². The molecule has 3 rings (SSSR count). The van der Waals surface area contributed by atoms with E-state index in [1.165, 1.54) is 18.9 Å². The van der Waals surface area contributed by atoms with E-state index >= 15 is 0 Å². The Hall–Kier alpha value is -2.86. The monoisotopic (exact) mass is 390 g/mol. The summed E-state index contributed by atoms with van der Waals surface area (Å²) in [5.74, 6) is 0.821. The second kappa shape index (κ2) is 8.01. The Balaban J connectivity index is 1.92. The van der Waals surface area contributed by atoms with Crippen LogP contribution in [-0.4, -0.2) is 37.6 Å². The molecule has 0 radical (unpaired) electrons. The molecule has 2 heterocycles. The first-order valence-electron chi connectivity index (χ1n) is 7.21. The lowest BCUT2D eigenvalue weighted by Gasteiger charge is -2.05. The highest BCUT2D eigenvalue weighted by atomic mass is 32.2. The summed E-state index contributed by atoms with van der Waals surface area (Å²) in [5.41, 5.74) is 0.380. The molecule has 2 aromatic heterocycles. The van der Waals surface area contributed by atoms with Gasteiger partial charge in [-0.3, -0.25) is 0 Å². The van der Waals surface area contributed by atoms with Gasteiger partial charge in [0, 0.05) is 36.8 Å². The van der Waals surface area contributed by atoms with Gasteiger partial charge in [0.15, 0.2) is 11.6 Å². The third-order valence-corrected chi connectivity index (χ3v) is 4.42. The number of benzene rings is 1. The predicted octanol–water partition coefficient (Wildman–Crippen LogP) is 4.54. The van der Waals surface area contributed by atoms with Gasteiger partial charge in [0.1, 0.15) is 17.1 Å². The summed E-state index contributed by atoms with van der Waals surface area (Å²) < 4.78 is 10.9. The van der Waals surface area contributed by atoms with Gasteiger partial charge in [0.05, 0.1) is 13.3 Å². The molecule has 0 spiro atoms. The Bertz CT molecular complexity index is 966. The van der Waals surface area contributed by atoms with Crippen molar-refractivity contribution in [1.29, 1.82) is 0 Å². The third kappa shape index (κ3) is 4.03. The number of methoxy groups -OCH3 is 1. The number of aromatic nitrogens is 4. The summed E-state index contributed by atoms with van der Waals surface area (Å²) >= 11 is 2.53. The number of azo groups is 2. The van der Waals surface area contributed by atoms with Gasteiger partial charge < -0.3 is 9.84 Å². The highest BCUT2D eigenvalue weighted by molar-refractivity contribution is 7.98. The Labute approximate surface area is 156 Å². The van der Waals surface area contributed by atoms with Crippen molar-refractivity contribution in [3.05, 3.63) is 24.4 Å². The Morgan fingerprint density at radius 1 is 1.19 bits per heavy atom. The number of thioether (sulfide) groups is 1.